The van der Waals surface area contributed by atoms with E-state index in [-0.39, 0.29) is 16.3 Å². The highest BCUT2D eigenvalue weighted by Gasteiger charge is 2.14. The van der Waals surface area contributed by atoms with Gasteiger partial charge in [0.05, 0.1) is 21.2 Å². The quantitative estimate of drug-likeness (QED) is 0.492. The van der Waals surface area contributed by atoms with Crippen molar-refractivity contribution in [3.05, 3.63) is 68.2 Å². The lowest BCUT2D eigenvalue weighted by molar-refractivity contribution is -0.384. The Morgan fingerprint density at radius 3 is 2.58 bits per heavy atom. The fourth-order valence-electron chi connectivity index (χ4n) is 1.74. The molecule has 0 heterocycles. The monoisotopic (exact) mass is 368 g/mol. The Kier molecular flexibility index (Phi) is 5.73. The first-order valence-corrected chi connectivity index (χ1v) is 7.29. The molecule has 0 aliphatic heterocycles. The molecule has 2 aromatic carbocycles. The molecule has 124 valence electrons. The SMILES string of the molecule is O=C(COC(=O)c1cccc([N+](=O)[O-])c1)Nc1ccc(Cl)cc1Cl. The number of nitro groups is 1. The standard InChI is InChI=1S/C15H10Cl2N2O5/c16-10-4-5-13(12(17)7-10)18-14(20)8-24-15(21)9-2-1-3-11(6-9)19(22)23/h1-7H,8H2,(H,18,20). The molecule has 0 saturated carbocycles. The summed E-state index contributed by atoms with van der Waals surface area (Å²) in [5.41, 5.74) is 0.0424. The number of anilines is 1. The third-order valence-corrected chi connectivity index (χ3v) is 3.38. The van der Waals surface area contributed by atoms with Crippen LogP contribution in [0.1, 0.15) is 10.4 Å². The van der Waals surface area contributed by atoms with Gasteiger partial charge >= 0.3 is 5.97 Å². The van der Waals surface area contributed by atoms with Crippen molar-refractivity contribution in [1.82, 2.24) is 0 Å². The van der Waals surface area contributed by atoms with Crippen LogP contribution in [-0.4, -0.2) is 23.4 Å². The Bertz CT molecular complexity index is 810. The molecule has 0 aliphatic carbocycles. The second kappa shape index (κ2) is 7.76. The van der Waals surface area contributed by atoms with Crippen LogP contribution in [0.2, 0.25) is 10.0 Å². The predicted molar refractivity (Wildman–Crippen MR) is 88.5 cm³/mol. The number of carbonyl (C=O) groups is 2. The number of nitrogens with one attached hydrogen (secondary N) is 1. The zero-order valence-corrected chi connectivity index (χ0v) is 13.5. The van der Waals surface area contributed by atoms with Crippen molar-refractivity contribution >= 4 is 46.5 Å². The maximum atomic E-state index is 11.8. The Labute approximate surface area is 146 Å². The summed E-state index contributed by atoms with van der Waals surface area (Å²) in [5.74, 6) is -1.46. The van der Waals surface area contributed by atoms with E-state index in [1.165, 1.54) is 36.4 Å². The Hall–Kier alpha value is -2.64. The highest BCUT2D eigenvalue weighted by atomic mass is 35.5. The van der Waals surface area contributed by atoms with Gasteiger partial charge in [0.15, 0.2) is 6.61 Å². The van der Waals surface area contributed by atoms with Crippen molar-refractivity contribution in [3.63, 3.8) is 0 Å². The molecule has 0 unspecified atom stereocenters. The van der Waals surface area contributed by atoms with E-state index < -0.39 is 23.4 Å². The number of esters is 1. The lowest BCUT2D eigenvalue weighted by atomic mass is 10.2. The first-order valence-electron chi connectivity index (χ1n) is 6.53. The van der Waals surface area contributed by atoms with E-state index in [9.17, 15) is 19.7 Å². The number of nitro benzene ring substituents is 1. The van der Waals surface area contributed by atoms with Gasteiger partial charge in [0.25, 0.3) is 11.6 Å². The summed E-state index contributed by atoms with van der Waals surface area (Å²) in [7, 11) is 0. The number of hydrogen-bond acceptors (Lipinski definition) is 5. The number of ether oxygens (including phenoxy) is 1. The number of non-ortho nitro benzene ring substituents is 1. The summed E-state index contributed by atoms with van der Waals surface area (Å²) in [4.78, 5) is 33.6. The van der Waals surface area contributed by atoms with Gasteiger partial charge in [0, 0.05) is 17.2 Å². The molecule has 1 amide bonds. The van der Waals surface area contributed by atoms with E-state index >= 15 is 0 Å². The highest BCUT2D eigenvalue weighted by Crippen LogP contribution is 2.25. The van der Waals surface area contributed by atoms with Crippen LogP contribution in [-0.2, 0) is 9.53 Å². The molecule has 24 heavy (non-hydrogen) atoms. The molecule has 0 fully saturated rings. The molecule has 9 heteroatoms. The van der Waals surface area contributed by atoms with Crippen molar-refractivity contribution in [1.29, 1.82) is 0 Å². The minimum atomic E-state index is -0.851. The fourth-order valence-corrected chi connectivity index (χ4v) is 2.19. The number of carbonyl (C=O) groups excluding carboxylic acids is 2. The Morgan fingerprint density at radius 2 is 1.92 bits per heavy atom. The van der Waals surface area contributed by atoms with E-state index in [0.29, 0.717) is 10.7 Å². The lowest BCUT2D eigenvalue weighted by Gasteiger charge is -2.08. The van der Waals surface area contributed by atoms with E-state index in [1.807, 2.05) is 0 Å². The first-order chi connectivity index (χ1) is 11.4. The number of nitrogens with zero attached hydrogens (tertiary/aromatic N) is 1. The molecule has 2 rings (SSSR count). The molecule has 7 nitrogen and oxygen atoms in total. The molecular weight excluding hydrogens is 359 g/mol. The van der Waals surface area contributed by atoms with E-state index in [2.05, 4.69) is 5.32 Å². The lowest BCUT2D eigenvalue weighted by Crippen LogP contribution is -2.21. The number of amides is 1. The van der Waals surface area contributed by atoms with Gasteiger partial charge in [0.1, 0.15) is 0 Å². The highest BCUT2D eigenvalue weighted by molar-refractivity contribution is 6.36. The molecule has 0 aliphatic rings. The van der Waals surface area contributed by atoms with Crippen LogP contribution in [0.3, 0.4) is 0 Å². The maximum absolute atomic E-state index is 11.8. The van der Waals surface area contributed by atoms with Crippen LogP contribution in [0, 0.1) is 10.1 Å². The number of benzene rings is 2. The van der Waals surface area contributed by atoms with Gasteiger partial charge in [-0.25, -0.2) is 4.79 Å². The van der Waals surface area contributed by atoms with Crippen LogP contribution in [0.15, 0.2) is 42.5 Å². The molecule has 0 spiro atoms. The van der Waals surface area contributed by atoms with Crippen molar-refractivity contribution in [3.8, 4) is 0 Å². The van der Waals surface area contributed by atoms with Crippen molar-refractivity contribution < 1.29 is 19.2 Å². The summed E-state index contributed by atoms with van der Waals surface area (Å²) in [6, 6.07) is 9.50. The number of rotatable bonds is 5. The van der Waals surface area contributed by atoms with Gasteiger partial charge < -0.3 is 10.1 Å². The Balaban J connectivity index is 1.95. The van der Waals surface area contributed by atoms with Gasteiger partial charge in [-0.15, -0.1) is 0 Å². The van der Waals surface area contributed by atoms with Gasteiger partial charge in [-0.2, -0.15) is 0 Å². The second-order valence-corrected chi connectivity index (χ2v) is 5.40. The van der Waals surface area contributed by atoms with Crippen LogP contribution < -0.4 is 5.32 Å². The predicted octanol–water partition coefficient (Wildman–Crippen LogP) is 3.70. The Morgan fingerprint density at radius 1 is 1.17 bits per heavy atom. The molecular formula is C15H10Cl2N2O5. The normalized spacial score (nSPS) is 10.1. The summed E-state index contributed by atoms with van der Waals surface area (Å²) < 4.78 is 4.82. The average Bonchev–Trinajstić information content (AvgIpc) is 2.55. The molecule has 0 bridgehead atoms. The fraction of sp³-hybridized carbons (Fsp3) is 0.0667. The average molecular weight is 369 g/mol. The topological polar surface area (TPSA) is 98.5 Å². The molecule has 1 N–H and O–H groups in total. The van der Waals surface area contributed by atoms with Crippen molar-refractivity contribution in [2.75, 3.05) is 11.9 Å². The molecule has 0 aromatic heterocycles. The van der Waals surface area contributed by atoms with Crippen molar-refractivity contribution in [2.45, 2.75) is 0 Å². The molecule has 2 aromatic rings. The summed E-state index contributed by atoms with van der Waals surface area (Å²) in [6.45, 7) is -0.569. The second-order valence-electron chi connectivity index (χ2n) is 4.56. The maximum Gasteiger partial charge on any atom is 0.338 e. The van der Waals surface area contributed by atoms with Crippen LogP contribution in [0.5, 0.6) is 0 Å². The molecule has 0 saturated heterocycles. The zero-order chi connectivity index (χ0) is 17.7. The van der Waals surface area contributed by atoms with Gasteiger partial charge in [-0.3, -0.25) is 14.9 Å². The van der Waals surface area contributed by atoms with E-state index in [0.717, 1.165) is 6.07 Å². The summed E-state index contributed by atoms with van der Waals surface area (Å²) >= 11 is 11.7. The van der Waals surface area contributed by atoms with Gasteiger partial charge in [-0.05, 0) is 24.3 Å². The minimum absolute atomic E-state index is 0.0264. The summed E-state index contributed by atoms with van der Waals surface area (Å²) in [6.07, 6.45) is 0. The van der Waals surface area contributed by atoms with Gasteiger partial charge in [-0.1, -0.05) is 29.3 Å². The van der Waals surface area contributed by atoms with Crippen LogP contribution >= 0.6 is 23.2 Å². The van der Waals surface area contributed by atoms with Gasteiger partial charge in [0.2, 0.25) is 0 Å². The number of hydrogen-bond donors (Lipinski definition) is 1. The first kappa shape index (κ1) is 17.7. The van der Waals surface area contributed by atoms with Crippen LogP contribution in [0.25, 0.3) is 0 Å². The number of halogens is 2. The van der Waals surface area contributed by atoms with Crippen LogP contribution in [0.4, 0.5) is 11.4 Å². The molecule has 0 radical (unpaired) electrons. The third kappa shape index (κ3) is 4.68. The minimum Gasteiger partial charge on any atom is -0.452 e. The van der Waals surface area contributed by atoms with E-state index in [4.69, 9.17) is 27.9 Å². The van der Waals surface area contributed by atoms with E-state index in [1.54, 1.807) is 0 Å². The summed E-state index contributed by atoms with van der Waals surface area (Å²) in [5, 5.41) is 13.8. The molecule has 0 atom stereocenters. The van der Waals surface area contributed by atoms with Crippen molar-refractivity contribution in [2.24, 2.45) is 0 Å². The third-order valence-electron chi connectivity index (χ3n) is 2.83. The largest absolute Gasteiger partial charge is 0.452 e. The smallest absolute Gasteiger partial charge is 0.338 e. The zero-order valence-electron chi connectivity index (χ0n) is 12.0.